The summed E-state index contributed by atoms with van der Waals surface area (Å²) in [6, 6.07) is 10.7. The van der Waals surface area contributed by atoms with Gasteiger partial charge in [0.15, 0.2) is 5.49 Å². The van der Waals surface area contributed by atoms with Crippen LogP contribution in [0, 0.1) is 5.92 Å². The molecule has 2 atom stereocenters. The van der Waals surface area contributed by atoms with Crippen molar-refractivity contribution < 1.29 is 1.43 Å². The van der Waals surface area contributed by atoms with E-state index in [0.29, 0.717) is 12.0 Å². The van der Waals surface area contributed by atoms with Crippen LogP contribution in [-0.4, -0.2) is 16.0 Å². The summed E-state index contributed by atoms with van der Waals surface area (Å²) >= 11 is 0. The lowest BCUT2D eigenvalue weighted by Gasteiger charge is -1.92. The zero-order valence-electron chi connectivity index (χ0n) is 10.7. The SMILES string of the molecule is C1=c2[nH]c(-c3ccccc3)nc2=NC2CC12.CC.[HH]. The largest absolute Gasteiger partial charge is 0.337 e. The predicted molar refractivity (Wildman–Crippen MR) is 74.6 cm³/mol. The van der Waals surface area contributed by atoms with Crippen LogP contribution in [0.4, 0.5) is 0 Å². The summed E-state index contributed by atoms with van der Waals surface area (Å²) in [5.41, 5.74) is 2.01. The molecule has 1 N–H and O–H groups in total. The van der Waals surface area contributed by atoms with Gasteiger partial charge in [0.1, 0.15) is 5.82 Å². The van der Waals surface area contributed by atoms with Gasteiger partial charge in [-0.25, -0.2) is 4.98 Å². The number of aromatic nitrogens is 2. The monoisotopic (exact) mass is 241 g/mol. The van der Waals surface area contributed by atoms with E-state index in [-0.39, 0.29) is 1.43 Å². The maximum Gasteiger partial charge on any atom is 0.173 e. The van der Waals surface area contributed by atoms with Gasteiger partial charge in [0.25, 0.3) is 0 Å². The van der Waals surface area contributed by atoms with Gasteiger partial charge < -0.3 is 4.98 Å². The molecule has 18 heavy (non-hydrogen) atoms. The van der Waals surface area contributed by atoms with Crippen LogP contribution in [0.25, 0.3) is 17.5 Å². The molecule has 1 aromatic heterocycles. The van der Waals surface area contributed by atoms with Crippen molar-refractivity contribution in [2.24, 2.45) is 10.9 Å². The van der Waals surface area contributed by atoms with Gasteiger partial charge in [-0.3, -0.25) is 4.99 Å². The highest BCUT2D eigenvalue weighted by atomic mass is 15.0. The zero-order valence-corrected chi connectivity index (χ0v) is 10.7. The second-order valence-electron chi connectivity index (χ2n) is 4.45. The van der Waals surface area contributed by atoms with Crippen LogP contribution < -0.4 is 10.8 Å². The van der Waals surface area contributed by atoms with Crippen molar-refractivity contribution >= 4 is 6.08 Å². The topological polar surface area (TPSA) is 41.0 Å². The van der Waals surface area contributed by atoms with E-state index < -0.39 is 0 Å². The minimum Gasteiger partial charge on any atom is -0.337 e. The van der Waals surface area contributed by atoms with Crippen LogP contribution in [0.1, 0.15) is 21.7 Å². The maximum absolute atomic E-state index is 4.59. The molecule has 3 heteroatoms. The fraction of sp³-hybridized carbons (Fsp3) is 0.333. The highest BCUT2D eigenvalue weighted by Crippen LogP contribution is 2.35. The Hall–Kier alpha value is -1.90. The molecule has 2 aromatic rings. The number of benzene rings is 1. The second kappa shape index (κ2) is 4.41. The van der Waals surface area contributed by atoms with Crippen LogP contribution >= 0.6 is 0 Å². The van der Waals surface area contributed by atoms with Gasteiger partial charge in [0.05, 0.1) is 11.4 Å². The number of hydrogen-bond acceptors (Lipinski definition) is 2. The molecule has 1 saturated carbocycles. The van der Waals surface area contributed by atoms with E-state index in [1.165, 1.54) is 6.42 Å². The lowest BCUT2D eigenvalue weighted by molar-refractivity contribution is 0.904. The smallest absolute Gasteiger partial charge is 0.173 e. The third-order valence-corrected chi connectivity index (χ3v) is 3.23. The summed E-state index contributed by atoms with van der Waals surface area (Å²) in [6.07, 6.45) is 3.47. The molecule has 0 spiro atoms. The van der Waals surface area contributed by atoms with Crippen LogP contribution in [-0.2, 0) is 0 Å². The molecule has 1 fully saturated rings. The minimum atomic E-state index is 0. The summed E-state index contributed by atoms with van der Waals surface area (Å²) in [4.78, 5) is 12.5. The average molecular weight is 241 g/mol. The number of imidazole rings is 1. The van der Waals surface area contributed by atoms with Gasteiger partial charge in [-0.05, 0) is 6.42 Å². The third-order valence-electron chi connectivity index (χ3n) is 3.23. The van der Waals surface area contributed by atoms with Crippen molar-refractivity contribution in [2.45, 2.75) is 26.3 Å². The molecular weight excluding hydrogens is 222 g/mol. The number of nitrogens with one attached hydrogen (secondary N) is 1. The number of hydrogen-bond donors (Lipinski definition) is 1. The van der Waals surface area contributed by atoms with E-state index in [1.807, 2.05) is 32.0 Å². The van der Waals surface area contributed by atoms with Gasteiger partial charge in [-0.1, -0.05) is 50.3 Å². The summed E-state index contributed by atoms with van der Waals surface area (Å²) in [7, 11) is 0. The normalized spacial score (nSPS) is 22.6. The second-order valence-corrected chi connectivity index (χ2v) is 4.45. The first kappa shape index (κ1) is 11.2. The van der Waals surface area contributed by atoms with Crippen molar-refractivity contribution in [1.29, 1.82) is 0 Å². The first-order valence-electron chi connectivity index (χ1n) is 6.61. The number of aromatic amines is 1. The quantitative estimate of drug-likeness (QED) is 0.816. The Morgan fingerprint density at radius 3 is 2.78 bits per heavy atom. The first-order chi connectivity index (χ1) is 8.90. The van der Waals surface area contributed by atoms with E-state index in [9.17, 15) is 0 Å². The Morgan fingerprint density at radius 2 is 2.00 bits per heavy atom. The van der Waals surface area contributed by atoms with Crippen LogP contribution in [0.2, 0.25) is 0 Å². The van der Waals surface area contributed by atoms with Gasteiger partial charge in [-0.15, -0.1) is 0 Å². The van der Waals surface area contributed by atoms with Crippen molar-refractivity contribution in [3.05, 3.63) is 41.2 Å². The summed E-state index contributed by atoms with van der Waals surface area (Å²) in [6.45, 7) is 4.00. The molecule has 4 rings (SSSR count). The van der Waals surface area contributed by atoms with E-state index in [2.05, 4.69) is 33.2 Å². The molecular formula is C15H19N3. The highest BCUT2D eigenvalue weighted by molar-refractivity contribution is 5.54. The third kappa shape index (κ3) is 1.86. The van der Waals surface area contributed by atoms with Crippen molar-refractivity contribution in [3.8, 4) is 11.4 Å². The van der Waals surface area contributed by atoms with Gasteiger partial charge >= 0.3 is 0 Å². The van der Waals surface area contributed by atoms with Crippen molar-refractivity contribution in [2.75, 3.05) is 0 Å². The van der Waals surface area contributed by atoms with E-state index in [4.69, 9.17) is 0 Å². The van der Waals surface area contributed by atoms with E-state index >= 15 is 0 Å². The molecule has 0 saturated heterocycles. The van der Waals surface area contributed by atoms with Gasteiger partial charge in [0.2, 0.25) is 0 Å². The lowest BCUT2D eigenvalue weighted by Crippen LogP contribution is -2.28. The Labute approximate surface area is 108 Å². The van der Waals surface area contributed by atoms with Crippen LogP contribution in [0.15, 0.2) is 35.3 Å². The maximum atomic E-state index is 4.59. The van der Waals surface area contributed by atoms with Crippen LogP contribution in [0.3, 0.4) is 0 Å². The molecule has 1 aliphatic heterocycles. The molecule has 2 heterocycles. The van der Waals surface area contributed by atoms with Gasteiger partial charge in [-0.2, -0.15) is 0 Å². The Bertz CT molecular complexity index is 623. The van der Waals surface area contributed by atoms with Crippen molar-refractivity contribution in [1.82, 2.24) is 9.97 Å². The molecule has 0 amide bonds. The fourth-order valence-corrected chi connectivity index (χ4v) is 2.22. The number of nitrogens with zero attached hydrogens (tertiary/aromatic N) is 2. The molecule has 94 valence electrons. The Balaban J connectivity index is 0.000000426. The summed E-state index contributed by atoms with van der Waals surface area (Å²) in [5.74, 6) is 1.59. The summed E-state index contributed by atoms with van der Waals surface area (Å²) in [5, 5.41) is 1.10. The molecule has 2 aliphatic rings. The number of H-pyrrole nitrogens is 1. The Kier molecular flexibility index (Phi) is 2.74. The predicted octanol–water partition coefficient (Wildman–Crippen LogP) is 2.15. The fourth-order valence-electron chi connectivity index (χ4n) is 2.22. The molecule has 1 aromatic carbocycles. The first-order valence-corrected chi connectivity index (χ1v) is 6.61. The minimum absolute atomic E-state index is 0. The number of rotatable bonds is 1. The standard InChI is InChI=1S/C13H11N3.C2H6.H2/c1-2-4-8(5-3-1)12-15-11-7-9-6-10(9)14-13(11)16-12;1-2;/h1-5,7,9-10H,6H2,(H,14,15,16);1-2H3;1H. The molecule has 3 nitrogen and oxygen atoms in total. The number of fused-ring (bicyclic) bond motifs is 2. The average Bonchev–Trinajstić information content (AvgIpc) is 3.07. The molecule has 0 bridgehead atoms. The Morgan fingerprint density at radius 1 is 1.22 bits per heavy atom. The molecule has 0 radical (unpaired) electrons. The summed E-state index contributed by atoms with van der Waals surface area (Å²) < 4.78 is 0. The van der Waals surface area contributed by atoms with E-state index in [1.54, 1.807) is 0 Å². The van der Waals surface area contributed by atoms with Gasteiger partial charge in [0, 0.05) is 12.9 Å². The lowest BCUT2D eigenvalue weighted by atomic mass is 10.2. The van der Waals surface area contributed by atoms with Crippen molar-refractivity contribution in [3.63, 3.8) is 0 Å². The van der Waals surface area contributed by atoms with E-state index in [0.717, 1.165) is 22.2 Å². The zero-order chi connectivity index (χ0) is 12.5. The highest BCUT2D eigenvalue weighted by Gasteiger charge is 2.37. The molecule has 1 aliphatic carbocycles. The molecule has 2 unspecified atom stereocenters. The van der Waals surface area contributed by atoms with Crippen LogP contribution in [0.5, 0.6) is 0 Å².